The summed E-state index contributed by atoms with van der Waals surface area (Å²) in [6, 6.07) is 0. The summed E-state index contributed by atoms with van der Waals surface area (Å²) in [5, 5.41) is 0. The molecule has 0 amide bonds. The van der Waals surface area contributed by atoms with Gasteiger partial charge in [0.1, 0.15) is 13.2 Å². The fourth-order valence-corrected chi connectivity index (χ4v) is 5.36. The van der Waals surface area contributed by atoms with E-state index in [0.717, 1.165) is 70.1 Å². The highest BCUT2D eigenvalue weighted by molar-refractivity contribution is 5.71. The maximum absolute atomic E-state index is 12.5. The molecule has 0 aromatic carbocycles. The van der Waals surface area contributed by atoms with E-state index in [1.165, 1.54) is 89.9 Å². The van der Waals surface area contributed by atoms with Crippen molar-refractivity contribution in [2.24, 2.45) is 5.92 Å². The van der Waals surface area contributed by atoms with Crippen LogP contribution in [0, 0.1) is 5.92 Å². The fourth-order valence-electron chi connectivity index (χ4n) is 5.36. The van der Waals surface area contributed by atoms with Crippen LogP contribution in [0.25, 0.3) is 0 Å². The Bertz CT molecular complexity index is 664. The van der Waals surface area contributed by atoms with Crippen molar-refractivity contribution in [1.82, 2.24) is 0 Å². The van der Waals surface area contributed by atoms with Crippen LogP contribution in [-0.4, -0.2) is 37.2 Å². The van der Waals surface area contributed by atoms with E-state index in [-0.39, 0.29) is 31.1 Å². The molecule has 6 nitrogen and oxygen atoms in total. The molecule has 260 valence electrons. The smallest absolute Gasteiger partial charge is 0.306 e. The van der Waals surface area contributed by atoms with Gasteiger partial charge in [0.15, 0.2) is 6.10 Å². The van der Waals surface area contributed by atoms with Gasteiger partial charge in [0.25, 0.3) is 0 Å². The number of carbonyl (C=O) groups is 3. The number of hydrogen-bond acceptors (Lipinski definition) is 6. The summed E-state index contributed by atoms with van der Waals surface area (Å²) < 4.78 is 16.5. The Hall–Kier alpha value is -1.59. The Morgan fingerprint density at radius 1 is 0.455 bits per heavy atom. The molecule has 0 aliphatic carbocycles. The highest BCUT2D eigenvalue weighted by Gasteiger charge is 2.19. The Kier molecular flexibility index (Phi) is 31.6. The van der Waals surface area contributed by atoms with E-state index in [1.807, 2.05) is 0 Å². The Balaban J connectivity index is 4.31. The second kappa shape index (κ2) is 32.8. The third-order valence-corrected chi connectivity index (χ3v) is 8.65. The average molecular weight is 625 g/mol. The molecule has 0 saturated heterocycles. The first-order valence-electron chi connectivity index (χ1n) is 18.9. The molecule has 0 saturated carbocycles. The first-order valence-corrected chi connectivity index (χ1v) is 18.9. The predicted molar refractivity (Wildman–Crippen MR) is 183 cm³/mol. The maximum Gasteiger partial charge on any atom is 0.306 e. The zero-order valence-corrected chi connectivity index (χ0v) is 29.6. The van der Waals surface area contributed by atoms with Gasteiger partial charge in [-0.3, -0.25) is 14.4 Å². The number of carbonyl (C=O) groups excluding carboxylic acids is 3. The van der Waals surface area contributed by atoms with E-state index in [0.29, 0.717) is 19.3 Å². The van der Waals surface area contributed by atoms with Gasteiger partial charge in [-0.1, -0.05) is 163 Å². The molecular formula is C38H72O6. The van der Waals surface area contributed by atoms with E-state index in [4.69, 9.17) is 14.2 Å². The lowest BCUT2D eigenvalue weighted by Crippen LogP contribution is -2.30. The lowest BCUT2D eigenvalue weighted by atomic mass is 10.00. The van der Waals surface area contributed by atoms with Crippen LogP contribution < -0.4 is 0 Å². The number of hydrogen-bond donors (Lipinski definition) is 0. The summed E-state index contributed by atoms with van der Waals surface area (Å²) in [6.07, 6.45) is 28.3. The van der Waals surface area contributed by atoms with Gasteiger partial charge in [0.2, 0.25) is 0 Å². The predicted octanol–water partition coefficient (Wildman–Crippen LogP) is 11.2. The van der Waals surface area contributed by atoms with E-state index in [9.17, 15) is 14.4 Å². The standard InChI is InChI=1S/C38H72O6/c1-5-8-10-12-13-14-15-16-17-23-27-31-38(41)44-35(32-42-36(39)29-25-20-11-9-6-2)33-43-37(40)30-26-22-19-18-21-24-28-34(4)7-3/h34-35H,5-33H2,1-4H3/t34?,35-/m0/s1. The van der Waals surface area contributed by atoms with Gasteiger partial charge < -0.3 is 14.2 Å². The third-order valence-electron chi connectivity index (χ3n) is 8.65. The van der Waals surface area contributed by atoms with Gasteiger partial charge in [-0.05, 0) is 25.2 Å². The van der Waals surface area contributed by atoms with E-state index in [2.05, 4.69) is 27.7 Å². The molecule has 0 fully saturated rings. The van der Waals surface area contributed by atoms with E-state index in [1.54, 1.807) is 0 Å². The van der Waals surface area contributed by atoms with Gasteiger partial charge in [-0.15, -0.1) is 0 Å². The Morgan fingerprint density at radius 2 is 0.795 bits per heavy atom. The molecule has 0 aliphatic rings. The van der Waals surface area contributed by atoms with Crippen LogP contribution in [0.4, 0.5) is 0 Å². The summed E-state index contributed by atoms with van der Waals surface area (Å²) in [5.74, 6) is -0.0683. The van der Waals surface area contributed by atoms with Gasteiger partial charge in [-0.25, -0.2) is 0 Å². The Morgan fingerprint density at radius 3 is 1.18 bits per heavy atom. The van der Waals surface area contributed by atoms with Crippen molar-refractivity contribution >= 4 is 17.9 Å². The topological polar surface area (TPSA) is 78.9 Å². The van der Waals surface area contributed by atoms with Gasteiger partial charge >= 0.3 is 17.9 Å². The molecule has 0 N–H and O–H groups in total. The molecule has 0 aromatic heterocycles. The van der Waals surface area contributed by atoms with Crippen LogP contribution in [0.2, 0.25) is 0 Å². The van der Waals surface area contributed by atoms with Crippen molar-refractivity contribution in [1.29, 1.82) is 0 Å². The van der Waals surface area contributed by atoms with Crippen molar-refractivity contribution < 1.29 is 28.6 Å². The van der Waals surface area contributed by atoms with Gasteiger partial charge in [-0.2, -0.15) is 0 Å². The summed E-state index contributed by atoms with van der Waals surface area (Å²) >= 11 is 0. The molecule has 6 heteroatoms. The summed E-state index contributed by atoms with van der Waals surface area (Å²) in [4.78, 5) is 37.1. The SMILES string of the molecule is CCCCCCCCCCCCCC(=O)O[C@@H](COC(=O)CCCCCCC)COC(=O)CCCCCCCCC(C)CC. The first-order chi connectivity index (χ1) is 21.4. The first kappa shape index (κ1) is 42.4. The van der Waals surface area contributed by atoms with Crippen molar-refractivity contribution in [2.45, 2.75) is 207 Å². The van der Waals surface area contributed by atoms with Crippen LogP contribution in [-0.2, 0) is 28.6 Å². The summed E-state index contributed by atoms with van der Waals surface area (Å²) in [5.41, 5.74) is 0. The summed E-state index contributed by atoms with van der Waals surface area (Å²) in [6.45, 7) is 8.84. The van der Waals surface area contributed by atoms with Crippen molar-refractivity contribution in [3.05, 3.63) is 0 Å². The second-order valence-electron chi connectivity index (χ2n) is 13.1. The lowest BCUT2D eigenvalue weighted by Gasteiger charge is -2.18. The fraction of sp³-hybridized carbons (Fsp3) is 0.921. The van der Waals surface area contributed by atoms with Crippen molar-refractivity contribution in [3.8, 4) is 0 Å². The molecule has 0 rings (SSSR count). The van der Waals surface area contributed by atoms with Crippen molar-refractivity contribution in [2.75, 3.05) is 13.2 Å². The van der Waals surface area contributed by atoms with Gasteiger partial charge in [0.05, 0.1) is 0 Å². The monoisotopic (exact) mass is 625 g/mol. The minimum atomic E-state index is -0.756. The highest BCUT2D eigenvalue weighted by atomic mass is 16.6. The molecule has 1 unspecified atom stereocenters. The molecule has 0 spiro atoms. The molecule has 0 heterocycles. The van der Waals surface area contributed by atoms with Gasteiger partial charge in [0, 0.05) is 19.3 Å². The molecule has 0 aliphatic heterocycles. The minimum absolute atomic E-state index is 0.0672. The quantitative estimate of drug-likeness (QED) is 0.0410. The van der Waals surface area contributed by atoms with E-state index >= 15 is 0 Å². The molecule has 0 radical (unpaired) electrons. The zero-order valence-electron chi connectivity index (χ0n) is 29.6. The van der Waals surface area contributed by atoms with E-state index < -0.39 is 6.10 Å². The molecule has 0 bridgehead atoms. The molecule has 0 aromatic rings. The minimum Gasteiger partial charge on any atom is -0.462 e. The van der Waals surface area contributed by atoms with Crippen LogP contribution in [0.1, 0.15) is 201 Å². The Labute approximate surface area is 272 Å². The average Bonchev–Trinajstić information content (AvgIpc) is 3.02. The third kappa shape index (κ3) is 30.4. The lowest BCUT2D eigenvalue weighted by molar-refractivity contribution is -0.167. The number of esters is 3. The van der Waals surface area contributed by atoms with Crippen molar-refractivity contribution in [3.63, 3.8) is 0 Å². The number of unbranched alkanes of at least 4 members (excludes halogenated alkanes) is 19. The van der Waals surface area contributed by atoms with Crippen LogP contribution in [0.15, 0.2) is 0 Å². The van der Waals surface area contributed by atoms with Crippen LogP contribution in [0.5, 0.6) is 0 Å². The zero-order chi connectivity index (χ0) is 32.5. The van der Waals surface area contributed by atoms with Crippen LogP contribution in [0.3, 0.4) is 0 Å². The molecular weight excluding hydrogens is 552 g/mol. The van der Waals surface area contributed by atoms with Crippen LogP contribution >= 0.6 is 0 Å². The number of rotatable bonds is 33. The largest absolute Gasteiger partial charge is 0.462 e. The second-order valence-corrected chi connectivity index (χ2v) is 13.1. The molecule has 2 atom stereocenters. The highest BCUT2D eigenvalue weighted by Crippen LogP contribution is 2.15. The summed E-state index contributed by atoms with van der Waals surface area (Å²) in [7, 11) is 0. The normalized spacial score (nSPS) is 12.5. The number of ether oxygens (including phenoxy) is 3. The molecule has 44 heavy (non-hydrogen) atoms. The maximum atomic E-state index is 12.5.